The van der Waals surface area contributed by atoms with Crippen LogP contribution in [0.1, 0.15) is 12.5 Å². The number of nitrogens with zero attached hydrogens (tertiary/aromatic N) is 2. The van der Waals surface area contributed by atoms with E-state index in [2.05, 4.69) is 17.6 Å². The molecule has 0 aliphatic carbocycles. The van der Waals surface area contributed by atoms with Crippen molar-refractivity contribution in [3.05, 3.63) is 99.6 Å². The lowest BCUT2D eigenvalue weighted by Gasteiger charge is -2.51. The number of carbonyl (C=O) groups excluding carboxylic acids is 3. The Morgan fingerprint density at radius 1 is 1.18 bits per heavy atom. The van der Waals surface area contributed by atoms with Gasteiger partial charge < -0.3 is 19.5 Å². The summed E-state index contributed by atoms with van der Waals surface area (Å²) < 4.78 is 16.5. The fourth-order valence-electron chi connectivity index (χ4n) is 4.02. The lowest BCUT2D eigenvalue weighted by Crippen LogP contribution is -2.71. The molecule has 4 rings (SSSR count). The standard InChI is InChI=1S/C27H25N3O8S/c1-4-16(2)24-23(36-3)22(27(33)38-14-17-10-12-18(13-11-17)30(34)35)29-25(32)21(26(29)39-24)28-20(31)15-37-19-8-6-5-7-9-19/h5-13,21,24,26H,1,14-15H2,2-3H3,(H,28,31)/t21-,24+,26-/m1/s1. The summed E-state index contributed by atoms with van der Waals surface area (Å²) >= 11 is 1.31. The third-order valence-electron chi connectivity index (χ3n) is 6.06. The summed E-state index contributed by atoms with van der Waals surface area (Å²) in [4.78, 5) is 50.6. The van der Waals surface area contributed by atoms with Gasteiger partial charge in [-0.15, -0.1) is 17.5 Å². The molecule has 2 aliphatic rings. The molecule has 1 N–H and O–H groups in total. The van der Waals surface area contributed by atoms with Gasteiger partial charge >= 0.3 is 5.97 Å². The topological polar surface area (TPSA) is 137 Å². The number of thioether (sulfide) groups is 1. The molecule has 0 saturated carbocycles. The van der Waals surface area contributed by atoms with Crippen molar-refractivity contribution in [2.45, 2.75) is 30.2 Å². The van der Waals surface area contributed by atoms with Crippen LogP contribution in [0.15, 0.2) is 83.9 Å². The van der Waals surface area contributed by atoms with Crippen LogP contribution >= 0.6 is 11.8 Å². The second-order valence-electron chi connectivity index (χ2n) is 8.54. The molecule has 11 nitrogen and oxygen atoms in total. The van der Waals surface area contributed by atoms with Crippen LogP contribution in [-0.2, 0) is 30.5 Å². The summed E-state index contributed by atoms with van der Waals surface area (Å²) in [5.74, 6) is -1.10. The summed E-state index contributed by atoms with van der Waals surface area (Å²) in [6.07, 6.45) is 0. The fourth-order valence-corrected chi connectivity index (χ4v) is 5.59. The van der Waals surface area contributed by atoms with E-state index in [1.54, 1.807) is 31.2 Å². The molecule has 2 amide bonds. The van der Waals surface area contributed by atoms with Crippen LogP contribution in [0.3, 0.4) is 0 Å². The lowest BCUT2D eigenvalue weighted by molar-refractivity contribution is -0.384. The number of benzene rings is 2. The lowest BCUT2D eigenvalue weighted by atomic mass is 10.0. The number of β-lactam (4-membered cyclic amide) rings is 1. The number of nitro benzene ring substituents is 1. The molecule has 0 spiro atoms. The van der Waals surface area contributed by atoms with E-state index in [0.29, 0.717) is 16.9 Å². The number of rotatable bonds is 10. The minimum absolute atomic E-state index is 0.0844. The van der Waals surface area contributed by atoms with E-state index in [-0.39, 0.29) is 30.4 Å². The van der Waals surface area contributed by atoms with E-state index >= 15 is 0 Å². The number of hydrogen-bond donors (Lipinski definition) is 1. The number of non-ortho nitro benzene ring substituents is 1. The number of esters is 1. The van der Waals surface area contributed by atoms with Crippen molar-refractivity contribution in [3.63, 3.8) is 0 Å². The molecule has 202 valence electrons. The van der Waals surface area contributed by atoms with Crippen LogP contribution in [0.5, 0.6) is 5.75 Å². The van der Waals surface area contributed by atoms with Crippen molar-refractivity contribution >= 4 is 35.2 Å². The number of amides is 2. The van der Waals surface area contributed by atoms with Crippen molar-refractivity contribution in [1.82, 2.24) is 10.2 Å². The van der Waals surface area contributed by atoms with Gasteiger partial charge in [0.15, 0.2) is 12.3 Å². The van der Waals surface area contributed by atoms with E-state index in [1.807, 2.05) is 6.07 Å². The van der Waals surface area contributed by atoms with E-state index in [4.69, 9.17) is 14.2 Å². The van der Waals surface area contributed by atoms with E-state index in [1.165, 1.54) is 48.0 Å². The van der Waals surface area contributed by atoms with Gasteiger partial charge in [0.25, 0.3) is 17.5 Å². The SMILES string of the molecule is C=C=C(C)[C@@H]1S[C@@H]2[C@H](NC(=O)COc3ccccc3)C(=O)N2C(C(=O)OCc2ccc([N+](=O)[O-])cc2)=C1OC. The predicted octanol–water partition coefficient (Wildman–Crippen LogP) is 3.07. The second kappa shape index (κ2) is 11.9. The fraction of sp³-hybridized carbons (Fsp3) is 0.259. The Balaban J connectivity index is 1.51. The molecule has 0 radical (unpaired) electrons. The predicted molar refractivity (Wildman–Crippen MR) is 141 cm³/mol. The average Bonchev–Trinajstić information content (AvgIpc) is 2.96. The molecule has 12 heteroatoms. The molecule has 3 atom stereocenters. The average molecular weight is 552 g/mol. The maximum absolute atomic E-state index is 13.3. The first-order chi connectivity index (χ1) is 18.7. The Labute approximate surface area is 228 Å². The van der Waals surface area contributed by atoms with Gasteiger partial charge in [0.2, 0.25) is 0 Å². The molecule has 2 heterocycles. The van der Waals surface area contributed by atoms with E-state index in [0.717, 1.165) is 0 Å². The molecule has 0 bridgehead atoms. The van der Waals surface area contributed by atoms with Crippen molar-refractivity contribution in [2.75, 3.05) is 13.7 Å². The third kappa shape index (κ3) is 5.82. The number of methoxy groups -OCH3 is 1. The van der Waals surface area contributed by atoms with E-state index < -0.39 is 39.4 Å². The van der Waals surface area contributed by atoms with Crippen LogP contribution in [0.4, 0.5) is 5.69 Å². The second-order valence-corrected chi connectivity index (χ2v) is 9.76. The minimum Gasteiger partial charge on any atom is -0.497 e. The van der Waals surface area contributed by atoms with Crippen LogP contribution in [0.25, 0.3) is 0 Å². The maximum Gasteiger partial charge on any atom is 0.359 e. The minimum atomic E-state index is -0.905. The van der Waals surface area contributed by atoms with Crippen molar-refractivity contribution < 1.29 is 33.5 Å². The summed E-state index contributed by atoms with van der Waals surface area (Å²) in [6, 6.07) is 13.4. The smallest absolute Gasteiger partial charge is 0.359 e. The first-order valence-corrected chi connectivity index (χ1v) is 12.7. The van der Waals surface area contributed by atoms with Gasteiger partial charge in [0.05, 0.1) is 17.3 Å². The van der Waals surface area contributed by atoms with Gasteiger partial charge in [-0.1, -0.05) is 24.8 Å². The summed E-state index contributed by atoms with van der Waals surface area (Å²) in [6.45, 7) is 4.97. The molecule has 1 fully saturated rings. The van der Waals surface area contributed by atoms with Crippen molar-refractivity contribution in [1.29, 1.82) is 0 Å². The molecular formula is C27H25N3O8S. The Morgan fingerprint density at radius 3 is 2.49 bits per heavy atom. The summed E-state index contributed by atoms with van der Waals surface area (Å²) in [5.41, 5.74) is 3.81. The number of nitrogens with one attached hydrogen (secondary N) is 1. The molecule has 2 aromatic carbocycles. The highest BCUT2D eigenvalue weighted by Gasteiger charge is 2.57. The van der Waals surface area contributed by atoms with Crippen LogP contribution < -0.4 is 10.1 Å². The monoisotopic (exact) mass is 551 g/mol. The number of ether oxygens (including phenoxy) is 3. The van der Waals surface area contributed by atoms with Gasteiger partial charge in [-0.2, -0.15) is 0 Å². The van der Waals surface area contributed by atoms with Gasteiger partial charge in [-0.25, -0.2) is 4.79 Å². The molecule has 39 heavy (non-hydrogen) atoms. The molecule has 2 aromatic rings. The highest BCUT2D eigenvalue weighted by Crippen LogP contribution is 2.46. The van der Waals surface area contributed by atoms with Crippen molar-refractivity contribution in [3.8, 4) is 5.75 Å². The molecule has 0 unspecified atom stereocenters. The number of fused-ring (bicyclic) bond motifs is 1. The summed E-state index contributed by atoms with van der Waals surface area (Å²) in [7, 11) is 1.38. The van der Waals surface area contributed by atoms with Gasteiger partial charge in [-0.05, 0) is 42.3 Å². The molecule has 2 aliphatic heterocycles. The number of carbonyl (C=O) groups is 3. The zero-order valence-corrected chi connectivity index (χ0v) is 21.9. The van der Waals surface area contributed by atoms with Gasteiger partial charge in [-0.3, -0.25) is 24.6 Å². The largest absolute Gasteiger partial charge is 0.497 e. The zero-order valence-electron chi connectivity index (χ0n) is 21.1. The zero-order chi connectivity index (χ0) is 28.1. The van der Waals surface area contributed by atoms with Crippen LogP contribution in [0.2, 0.25) is 0 Å². The summed E-state index contributed by atoms with van der Waals surface area (Å²) in [5, 5.41) is 12.4. The third-order valence-corrected chi connectivity index (χ3v) is 7.66. The first-order valence-electron chi connectivity index (χ1n) is 11.8. The van der Waals surface area contributed by atoms with E-state index in [9.17, 15) is 24.5 Å². The molecule has 1 saturated heterocycles. The highest BCUT2D eigenvalue weighted by molar-refractivity contribution is 8.01. The van der Waals surface area contributed by atoms with Crippen molar-refractivity contribution in [2.24, 2.45) is 0 Å². The number of hydrogen-bond acceptors (Lipinski definition) is 9. The Morgan fingerprint density at radius 2 is 1.87 bits per heavy atom. The number of para-hydroxylation sites is 1. The maximum atomic E-state index is 13.3. The molecular weight excluding hydrogens is 526 g/mol. The van der Waals surface area contributed by atoms with Crippen LogP contribution in [0, 0.1) is 10.1 Å². The van der Waals surface area contributed by atoms with Gasteiger partial charge in [0, 0.05) is 12.1 Å². The molecule has 0 aromatic heterocycles. The Hall–Kier alpha value is -4.54. The van der Waals surface area contributed by atoms with Crippen LogP contribution in [-0.4, -0.2) is 58.0 Å². The normalized spacial score (nSPS) is 19.7. The quantitative estimate of drug-likeness (QED) is 0.155. The highest BCUT2D eigenvalue weighted by atomic mass is 32.2. The van der Waals surface area contributed by atoms with Gasteiger partial charge in [0.1, 0.15) is 29.5 Å². The number of nitro groups is 1. The Kier molecular flexibility index (Phi) is 8.38. The Bertz CT molecular complexity index is 1370. The first kappa shape index (κ1) is 27.5.